The number of nitrogens with zero attached hydrogens (tertiary/aromatic N) is 1. The van der Waals surface area contributed by atoms with Gasteiger partial charge in [-0.1, -0.05) is 53.5 Å². The molecule has 3 nitrogen and oxygen atoms in total. The molecule has 1 atom stereocenters. The monoisotopic (exact) mass is 415 g/mol. The second-order valence-corrected chi connectivity index (χ2v) is 7.35. The van der Waals surface area contributed by atoms with Crippen LogP contribution in [0.15, 0.2) is 48.5 Å². The fourth-order valence-electron chi connectivity index (χ4n) is 3.22. The van der Waals surface area contributed by atoms with E-state index in [0.29, 0.717) is 22.9 Å². The third kappa shape index (κ3) is 5.59. The molecule has 0 spiro atoms. The molecule has 1 saturated heterocycles. The minimum atomic E-state index is -0.992. The molecule has 1 N–H and O–H groups in total. The van der Waals surface area contributed by atoms with Crippen LogP contribution in [0.5, 0.6) is 0 Å². The minimum Gasteiger partial charge on any atom is -0.385 e. The normalized spacial score (nSPS) is 17.3. The number of hydrogen-bond donors (Lipinski definition) is 1. The second-order valence-electron chi connectivity index (χ2n) is 6.51. The van der Waals surface area contributed by atoms with E-state index in [1.165, 1.54) is 0 Å². The Balaban J connectivity index is 0.00000243. The average Bonchev–Trinajstić information content (AvgIpc) is 2.63. The van der Waals surface area contributed by atoms with Gasteiger partial charge >= 0.3 is 0 Å². The van der Waals surface area contributed by atoms with Crippen LogP contribution in [0.4, 0.5) is 0 Å². The summed E-state index contributed by atoms with van der Waals surface area (Å²) in [7, 11) is 0. The molecule has 0 amide bonds. The number of benzene rings is 2. The first-order chi connectivity index (χ1) is 12.1. The third-order valence-electron chi connectivity index (χ3n) is 4.77. The molecule has 0 saturated carbocycles. The molecule has 1 aliphatic heterocycles. The molecule has 1 heterocycles. The predicted molar refractivity (Wildman–Crippen MR) is 110 cm³/mol. The molecule has 142 valence electrons. The molecular weight excluding hydrogens is 393 g/mol. The van der Waals surface area contributed by atoms with Gasteiger partial charge < -0.3 is 9.84 Å². The summed E-state index contributed by atoms with van der Waals surface area (Å²) >= 11 is 12.4. The molecule has 0 aliphatic carbocycles. The first-order valence-electron chi connectivity index (χ1n) is 8.59. The zero-order chi connectivity index (χ0) is 17.7. The molecular formula is C20H24Cl3NO2. The van der Waals surface area contributed by atoms with Crippen molar-refractivity contribution in [2.45, 2.75) is 18.4 Å². The van der Waals surface area contributed by atoms with Crippen LogP contribution >= 0.6 is 35.6 Å². The fraction of sp³-hybridized carbons (Fsp3) is 0.400. The van der Waals surface area contributed by atoms with Gasteiger partial charge in [0.1, 0.15) is 0 Å². The summed E-state index contributed by atoms with van der Waals surface area (Å²) in [6.45, 7) is 4.13. The van der Waals surface area contributed by atoms with Gasteiger partial charge in [-0.2, -0.15) is 0 Å². The highest BCUT2D eigenvalue weighted by Gasteiger charge is 2.31. The summed E-state index contributed by atoms with van der Waals surface area (Å²) in [5.41, 5.74) is 0.821. The molecule has 2 aromatic rings. The second kappa shape index (κ2) is 9.93. The zero-order valence-electron chi connectivity index (χ0n) is 14.5. The van der Waals surface area contributed by atoms with Gasteiger partial charge in [-0.3, -0.25) is 4.90 Å². The summed E-state index contributed by atoms with van der Waals surface area (Å²) in [6.07, 6.45) is 1.10. The van der Waals surface area contributed by atoms with E-state index < -0.39 is 5.60 Å². The molecule has 0 bridgehead atoms. The molecule has 0 aromatic heterocycles. The van der Waals surface area contributed by atoms with E-state index in [1.807, 2.05) is 48.5 Å². The maximum Gasteiger partial charge on any atom is 0.0949 e. The van der Waals surface area contributed by atoms with E-state index in [4.69, 9.17) is 27.9 Å². The highest BCUT2D eigenvalue weighted by Crippen LogP contribution is 2.33. The summed E-state index contributed by atoms with van der Waals surface area (Å²) in [5.74, 6) is 0. The van der Waals surface area contributed by atoms with E-state index >= 15 is 0 Å². The lowest BCUT2D eigenvalue weighted by Crippen LogP contribution is -2.40. The van der Waals surface area contributed by atoms with Crippen molar-refractivity contribution in [2.24, 2.45) is 0 Å². The van der Waals surface area contributed by atoms with Gasteiger partial charge in [0.15, 0.2) is 0 Å². The van der Waals surface area contributed by atoms with Crippen LogP contribution in [0.25, 0.3) is 0 Å². The van der Waals surface area contributed by atoms with E-state index in [2.05, 4.69) is 4.90 Å². The number of ether oxygens (including phenoxy) is 1. The Bertz CT molecular complexity index is 690. The Hall–Kier alpha value is -0.810. The maximum absolute atomic E-state index is 11.5. The van der Waals surface area contributed by atoms with Crippen molar-refractivity contribution in [1.29, 1.82) is 0 Å². The largest absolute Gasteiger partial charge is 0.385 e. The van der Waals surface area contributed by atoms with Crippen molar-refractivity contribution < 1.29 is 9.84 Å². The smallest absolute Gasteiger partial charge is 0.0949 e. The molecule has 1 fully saturated rings. The Morgan fingerprint density at radius 1 is 1.00 bits per heavy atom. The lowest BCUT2D eigenvalue weighted by molar-refractivity contribution is -0.00450. The summed E-state index contributed by atoms with van der Waals surface area (Å²) in [4.78, 5) is 2.33. The highest BCUT2D eigenvalue weighted by atomic mass is 35.5. The van der Waals surface area contributed by atoms with Crippen molar-refractivity contribution in [2.75, 3.05) is 32.8 Å². The Labute approximate surface area is 171 Å². The van der Waals surface area contributed by atoms with E-state index in [1.54, 1.807) is 0 Å². The number of hydrogen-bond acceptors (Lipinski definition) is 3. The summed E-state index contributed by atoms with van der Waals surface area (Å²) in [5, 5.41) is 12.9. The Kier molecular flexibility index (Phi) is 8.21. The van der Waals surface area contributed by atoms with Crippen LogP contribution in [-0.2, 0) is 16.8 Å². The SMILES string of the molecule is Cl.OC(CCN1CCOCC1)(Cc1ccccc1Cl)c1ccc(Cl)cc1. The third-order valence-corrected chi connectivity index (χ3v) is 5.39. The van der Waals surface area contributed by atoms with Crippen LogP contribution in [0, 0.1) is 0 Å². The first-order valence-corrected chi connectivity index (χ1v) is 9.34. The molecule has 1 unspecified atom stereocenters. The van der Waals surface area contributed by atoms with Gasteiger partial charge in [0, 0.05) is 36.1 Å². The summed E-state index contributed by atoms with van der Waals surface area (Å²) in [6, 6.07) is 15.1. The van der Waals surface area contributed by atoms with Gasteiger partial charge in [0.25, 0.3) is 0 Å². The summed E-state index contributed by atoms with van der Waals surface area (Å²) < 4.78 is 5.40. The van der Waals surface area contributed by atoms with E-state index in [-0.39, 0.29) is 12.4 Å². The van der Waals surface area contributed by atoms with Crippen LogP contribution in [0.3, 0.4) is 0 Å². The number of halogens is 3. The number of morpholine rings is 1. The number of aliphatic hydroxyl groups is 1. The Morgan fingerprint density at radius 2 is 1.65 bits per heavy atom. The average molecular weight is 417 g/mol. The van der Waals surface area contributed by atoms with Crippen molar-refractivity contribution in [3.05, 3.63) is 69.7 Å². The van der Waals surface area contributed by atoms with Crippen LogP contribution in [-0.4, -0.2) is 42.9 Å². The molecule has 26 heavy (non-hydrogen) atoms. The molecule has 3 rings (SSSR count). The number of rotatable bonds is 6. The lowest BCUT2D eigenvalue weighted by Gasteiger charge is -2.33. The van der Waals surface area contributed by atoms with Gasteiger partial charge in [-0.25, -0.2) is 0 Å². The fourth-order valence-corrected chi connectivity index (χ4v) is 3.55. The predicted octanol–water partition coefficient (Wildman–Crippen LogP) is 4.57. The van der Waals surface area contributed by atoms with E-state index in [0.717, 1.165) is 44.0 Å². The van der Waals surface area contributed by atoms with Crippen LogP contribution in [0.2, 0.25) is 10.0 Å². The van der Waals surface area contributed by atoms with Crippen molar-refractivity contribution in [3.8, 4) is 0 Å². The standard InChI is InChI=1S/C20H23Cl2NO2.ClH/c21-18-7-5-17(6-8-18)20(24,9-10-23-11-13-25-14-12-23)15-16-3-1-2-4-19(16)22;/h1-8,24H,9-15H2;1H. The lowest BCUT2D eigenvalue weighted by atomic mass is 9.84. The topological polar surface area (TPSA) is 32.7 Å². The molecule has 0 radical (unpaired) electrons. The van der Waals surface area contributed by atoms with Crippen molar-refractivity contribution in [3.63, 3.8) is 0 Å². The van der Waals surface area contributed by atoms with Crippen molar-refractivity contribution in [1.82, 2.24) is 4.90 Å². The zero-order valence-corrected chi connectivity index (χ0v) is 16.9. The molecule has 2 aromatic carbocycles. The molecule has 1 aliphatic rings. The van der Waals surface area contributed by atoms with Gasteiger partial charge in [0.2, 0.25) is 0 Å². The molecule has 6 heteroatoms. The first kappa shape index (κ1) is 21.5. The maximum atomic E-state index is 11.5. The quantitative estimate of drug-likeness (QED) is 0.749. The highest BCUT2D eigenvalue weighted by molar-refractivity contribution is 6.31. The Morgan fingerprint density at radius 3 is 2.31 bits per heavy atom. The van der Waals surface area contributed by atoms with Crippen LogP contribution in [0.1, 0.15) is 17.5 Å². The van der Waals surface area contributed by atoms with Crippen molar-refractivity contribution >= 4 is 35.6 Å². The minimum absolute atomic E-state index is 0. The van der Waals surface area contributed by atoms with Gasteiger partial charge in [0.05, 0.1) is 18.8 Å². The van der Waals surface area contributed by atoms with Gasteiger partial charge in [-0.05, 0) is 35.7 Å². The van der Waals surface area contributed by atoms with Gasteiger partial charge in [-0.15, -0.1) is 12.4 Å². The van der Waals surface area contributed by atoms with Crippen LogP contribution < -0.4 is 0 Å². The van der Waals surface area contributed by atoms with E-state index in [9.17, 15) is 5.11 Å².